The number of hydrogen-bond acceptors (Lipinski definition) is 5. The predicted octanol–water partition coefficient (Wildman–Crippen LogP) is 2.54. The van der Waals surface area contributed by atoms with E-state index in [1.165, 1.54) is 4.90 Å². The predicted molar refractivity (Wildman–Crippen MR) is 92.2 cm³/mol. The number of hydrogen-bond donors (Lipinski definition) is 2. The summed E-state index contributed by atoms with van der Waals surface area (Å²) in [6.07, 6.45) is 1.71. The van der Waals surface area contributed by atoms with Crippen molar-refractivity contribution in [2.75, 3.05) is 24.2 Å². The Balaban J connectivity index is 1.95. The highest BCUT2D eigenvalue weighted by atomic mass is 32.2. The number of rotatable bonds is 3. The molecule has 0 bridgehead atoms. The molecule has 1 aliphatic rings. The summed E-state index contributed by atoms with van der Waals surface area (Å²) < 4.78 is 0. The Bertz CT molecular complexity index is 750. The Morgan fingerprint density at radius 1 is 1.39 bits per heavy atom. The Kier molecular flexibility index (Phi) is 4.46. The molecular weight excluding hydrogens is 312 g/mol. The van der Waals surface area contributed by atoms with Crippen molar-refractivity contribution in [3.05, 3.63) is 29.8 Å². The summed E-state index contributed by atoms with van der Waals surface area (Å²) in [6.45, 7) is 2.95. The zero-order chi connectivity index (χ0) is 16.6. The van der Waals surface area contributed by atoms with Crippen molar-refractivity contribution >= 4 is 34.5 Å². The molecule has 0 spiro atoms. The molecule has 1 aliphatic heterocycles. The molecule has 6 heteroatoms. The molecule has 1 aromatic heterocycles. The third-order valence-electron chi connectivity index (χ3n) is 4.43. The minimum absolute atomic E-state index is 0.289. The first-order chi connectivity index (χ1) is 11.0. The van der Waals surface area contributed by atoms with Crippen LogP contribution in [0.3, 0.4) is 0 Å². The molecule has 1 aromatic carbocycles. The summed E-state index contributed by atoms with van der Waals surface area (Å²) in [5.41, 5.74) is 2.04. The average Bonchev–Trinajstić information content (AvgIpc) is 2.54. The lowest BCUT2D eigenvalue weighted by Crippen LogP contribution is -2.46. The maximum Gasteiger partial charge on any atom is 0.310 e. The maximum atomic E-state index is 11.3. The highest BCUT2D eigenvalue weighted by molar-refractivity contribution is 7.98. The van der Waals surface area contributed by atoms with Crippen molar-refractivity contribution < 1.29 is 15.0 Å². The van der Waals surface area contributed by atoms with Crippen molar-refractivity contribution in [2.24, 2.45) is 5.92 Å². The van der Waals surface area contributed by atoms with Crippen molar-refractivity contribution in [3.8, 4) is 0 Å². The van der Waals surface area contributed by atoms with Gasteiger partial charge in [-0.25, -0.2) is 4.98 Å². The molecule has 23 heavy (non-hydrogen) atoms. The highest BCUT2D eigenvalue weighted by Crippen LogP contribution is 2.29. The van der Waals surface area contributed by atoms with Gasteiger partial charge in [0.2, 0.25) is 0 Å². The number of carbonyl (C=O) groups is 1. The van der Waals surface area contributed by atoms with Crippen LogP contribution in [0.2, 0.25) is 0 Å². The molecule has 2 atom stereocenters. The van der Waals surface area contributed by atoms with Crippen LogP contribution in [-0.4, -0.2) is 46.6 Å². The first-order valence-corrected chi connectivity index (χ1v) is 8.83. The molecule has 0 aliphatic carbocycles. The van der Waals surface area contributed by atoms with E-state index in [-0.39, 0.29) is 6.54 Å². The number of benzene rings is 1. The van der Waals surface area contributed by atoms with Gasteiger partial charge < -0.3 is 15.1 Å². The second-order valence-electron chi connectivity index (χ2n) is 5.93. The Hall–Kier alpha value is -1.79. The molecule has 3 rings (SSSR count). The second kappa shape index (κ2) is 6.37. The van der Waals surface area contributed by atoms with Crippen LogP contribution >= 0.6 is 11.8 Å². The molecule has 2 heterocycles. The van der Waals surface area contributed by atoms with Crippen molar-refractivity contribution in [1.82, 2.24) is 4.98 Å². The van der Waals surface area contributed by atoms with Crippen LogP contribution < -0.4 is 4.90 Å². The molecule has 1 saturated heterocycles. The van der Waals surface area contributed by atoms with E-state index in [1.54, 1.807) is 11.8 Å². The van der Waals surface area contributed by atoms with Crippen LogP contribution in [0.25, 0.3) is 10.9 Å². The lowest BCUT2D eigenvalue weighted by molar-refractivity contribution is -0.146. The maximum absolute atomic E-state index is 11.3. The third-order valence-corrected chi connectivity index (χ3v) is 5.15. The number of aryl methyl sites for hydroxylation is 1. The van der Waals surface area contributed by atoms with E-state index in [4.69, 9.17) is 4.98 Å². The Morgan fingerprint density at radius 3 is 2.87 bits per heavy atom. The standard InChI is InChI=1S/C17H20N2O3S/c1-10-7-16(18-14-4-3-11(23-2)8-12(10)14)19-6-5-15(20)13(9-19)17(21)22/h3-4,7-8,13,15,20H,5-6,9H2,1-2H3,(H,21,22)/t13-,15+/m0/s1. The van der Waals surface area contributed by atoms with E-state index in [0.29, 0.717) is 13.0 Å². The first-order valence-electron chi connectivity index (χ1n) is 7.61. The number of carboxylic acids is 1. The fourth-order valence-corrected chi connectivity index (χ4v) is 3.47. The molecule has 5 nitrogen and oxygen atoms in total. The number of aromatic nitrogens is 1. The Labute approximate surface area is 139 Å². The van der Waals surface area contributed by atoms with Gasteiger partial charge in [-0.05, 0) is 49.4 Å². The van der Waals surface area contributed by atoms with E-state index in [2.05, 4.69) is 6.07 Å². The molecular formula is C17H20N2O3S. The SMILES string of the molecule is CSc1ccc2nc(N3CC[C@@H](O)[C@@H](C(=O)O)C3)cc(C)c2c1. The number of anilines is 1. The van der Waals surface area contributed by atoms with Crippen LogP contribution in [0.15, 0.2) is 29.2 Å². The lowest BCUT2D eigenvalue weighted by Gasteiger charge is -2.35. The van der Waals surface area contributed by atoms with Crippen molar-refractivity contribution in [2.45, 2.75) is 24.3 Å². The molecule has 0 radical (unpaired) electrons. The molecule has 2 N–H and O–H groups in total. The summed E-state index contributed by atoms with van der Waals surface area (Å²) in [5.74, 6) is -0.935. The van der Waals surface area contributed by atoms with Crippen LogP contribution in [0.5, 0.6) is 0 Å². The van der Waals surface area contributed by atoms with Crippen LogP contribution in [-0.2, 0) is 4.79 Å². The topological polar surface area (TPSA) is 73.7 Å². The van der Waals surface area contributed by atoms with Gasteiger partial charge in [-0.2, -0.15) is 0 Å². The second-order valence-corrected chi connectivity index (χ2v) is 6.81. The quantitative estimate of drug-likeness (QED) is 0.842. The molecule has 0 saturated carbocycles. The lowest BCUT2D eigenvalue weighted by atomic mass is 9.95. The summed E-state index contributed by atoms with van der Waals surface area (Å²) in [6, 6.07) is 8.18. The minimum Gasteiger partial charge on any atom is -0.481 e. The van der Waals surface area contributed by atoms with Gasteiger partial charge in [0.15, 0.2) is 0 Å². The summed E-state index contributed by atoms with van der Waals surface area (Å²) in [7, 11) is 0. The van der Waals surface area contributed by atoms with Gasteiger partial charge in [-0.1, -0.05) is 0 Å². The fraction of sp³-hybridized carbons (Fsp3) is 0.412. The number of thioether (sulfide) groups is 1. The monoisotopic (exact) mass is 332 g/mol. The number of piperidine rings is 1. The van der Waals surface area contributed by atoms with Gasteiger partial charge in [-0.3, -0.25) is 4.79 Å². The van der Waals surface area contributed by atoms with Gasteiger partial charge in [-0.15, -0.1) is 11.8 Å². The van der Waals surface area contributed by atoms with Gasteiger partial charge in [0.1, 0.15) is 11.7 Å². The van der Waals surface area contributed by atoms with Crippen LogP contribution in [0.1, 0.15) is 12.0 Å². The number of carboxylic acid groups (broad SMARTS) is 1. The molecule has 2 aromatic rings. The first kappa shape index (κ1) is 16.1. The largest absolute Gasteiger partial charge is 0.481 e. The molecule has 122 valence electrons. The van der Waals surface area contributed by atoms with Gasteiger partial charge >= 0.3 is 5.97 Å². The number of aliphatic hydroxyl groups excluding tert-OH is 1. The van der Waals surface area contributed by atoms with E-state index >= 15 is 0 Å². The van der Waals surface area contributed by atoms with E-state index in [0.717, 1.165) is 22.3 Å². The fourth-order valence-electron chi connectivity index (χ4n) is 3.03. The number of nitrogens with zero attached hydrogens (tertiary/aromatic N) is 2. The summed E-state index contributed by atoms with van der Waals surface area (Å²) in [5, 5.41) is 20.2. The molecule has 0 amide bonds. The summed E-state index contributed by atoms with van der Waals surface area (Å²) >= 11 is 1.70. The Morgan fingerprint density at radius 2 is 2.17 bits per heavy atom. The summed E-state index contributed by atoms with van der Waals surface area (Å²) in [4.78, 5) is 19.1. The van der Waals surface area contributed by atoms with Gasteiger partial charge in [0.05, 0.1) is 11.6 Å². The van der Waals surface area contributed by atoms with Crippen molar-refractivity contribution in [3.63, 3.8) is 0 Å². The average molecular weight is 332 g/mol. The van der Waals surface area contributed by atoms with Gasteiger partial charge in [0.25, 0.3) is 0 Å². The normalized spacial score (nSPS) is 21.6. The molecule has 0 unspecified atom stereocenters. The zero-order valence-electron chi connectivity index (χ0n) is 13.2. The van der Waals surface area contributed by atoms with Crippen LogP contribution in [0.4, 0.5) is 5.82 Å². The number of aliphatic hydroxyl groups is 1. The van der Waals surface area contributed by atoms with E-state index in [9.17, 15) is 15.0 Å². The molecule has 1 fully saturated rings. The van der Waals surface area contributed by atoms with E-state index < -0.39 is 18.0 Å². The highest BCUT2D eigenvalue weighted by Gasteiger charge is 2.33. The third kappa shape index (κ3) is 3.14. The number of fused-ring (bicyclic) bond motifs is 1. The number of pyridine rings is 1. The number of aliphatic carboxylic acids is 1. The van der Waals surface area contributed by atoms with Gasteiger partial charge in [0, 0.05) is 23.4 Å². The van der Waals surface area contributed by atoms with Crippen LogP contribution in [0, 0.1) is 12.8 Å². The zero-order valence-corrected chi connectivity index (χ0v) is 14.0. The minimum atomic E-state index is -0.954. The smallest absolute Gasteiger partial charge is 0.310 e. The van der Waals surface area contributed by atoms with E-state index in [1.807, 2.05) is 36.3 Å². The van der Waals surface area contributed by atoms with Crippen molar-refractivity contribution in [1.29, 1.82) is 0 Å².